The minimum atomic E-state index is -0.766. The molecule has 2 aromatic carbocycles. The summed E-state index contributed by atoms with van der Waals surface area (Å²) >= 11 is 0. The number of rotatable bonds is 10. The summed E-state index contributed by atoms with van der Waals surface area (Å²) in [6.07, 6.45) is 10.5. The summed E-state index contributed by atoms with van der Waals surface area (Å²) in [6.45, 7) is 7.80. The molecule has 14 nitrogen and oxygen atoms in total. The van der Waals surface area contributed by atoms with E-state index in [2.05, 4.69) is 40.2 Å². The summed E-state index contributed by atoms with van der Waals surface area (Å²) in [5, 5.41) is 10.5. The van der Waals surface area contributed by atoms with Gasteiger partial charge in [-0.3, -0.25) is 29.7 Å². The molecule has 316 valence electrons. The topological polar surface area (TPSA) is 149 Å². The molecule has 6 heterocycles. The Balaban J connectivity index is 0.671. The first-order chi connectivity index (χ1) is 29.1. The predicted molar refractivity (Wildman–Crippen MR) is 219 cm³/mol. The minimum Gasteiger partial charge on any atom is -0.484 e. The van der Waals surface area contributed by atoms with Gasteiger partial charge in [0, 0.05) is 80.9 Å². The van der Waals surface area contributed by atoms with Gasteiger partial charge in [0.1, 0.15) is 29.5 Å². The number of aromatic amines is 1. The van der Waals surface area contributed by atoms with E-state index in [4.69, 9.17) is 9.47 Å². The van der Waals surface area contributed by atoms with Crippen LogP contribution in [0.1, 0.15) is 87.1 Å². The van der Waals surface area contributed by atoms with Crippen LogP contribution in [-0.2, 0) is 20.9 Å². The average molecular weight is 824 g/mol. The van der Waals surface area contributed by atoms with Crippen LogP contribution in [0.4, 0.5) is 20.3 Å². The molecule has 0 bridgehead atoms. The number of piperazine rings is 1. The molecule has 2 aliphatic carbocycles. The summed E-state index contributed by atoms with van der Waals surface area (Å²) in [4.78, 5) is 54.6. The van der Waals surface area contributed by atoms with Gasteiger partial charge in [0.25, 0.3) is 5.91 Å². The van der Waals surface area contributed by atoms with E-state index < -0.39 is 23.6 Å². The van der Waals surface area contributed by atoms with E-state index in [0.717, 1.165) is 95.3 Å². The van der Waals surface area contributed by atoms with E-state index in [1.807, 2.05) is 13.0 Å². The third-order valence-corrected chi connectivity index (χ3v) is 13.6. The van der Waals surface area contributed by atoms with E-state index in [0.29, 0.717) is 52.7 Å². The summed E-state index contributed by atoms with van der Waals surface area (Å²) in [5.41, 5.74) is 2.74. The molecule has 4 aromatic rings. The molecule has 2 aromatic heterocycles. The molecule has 10 rings (SSSR count). The van der Waals surface area contributed by atoms with Gasteiger partial charge in [0.05, 0.1) is 35.7 Å². The number of hydrogen-bond donors (Lipinski definition) is 2. The largest absolute Gasteiger partial charge is 0.484 e. The van der Waals surface area contributed by atoms with Crippen molar-refractivity contribution in [1.82, 2.24) is 35.3 Å². The molecule has 1 atom stereocenters. The Morgan fingerprint density at radius 3 is 2.38 bits per heavy atom. The SMILES string of the molecule is CC1(Oc2cc3c(-c4cc(N5CCC(O[C@H]6CC[C@H](CN7CCN(c8ccc9c(c8F)CN(C8CCC(=O)NC8=O)C9=O)CC7)CC6)CC5)ncn4)n[nH]c3cc2F)CC1. The molecule has 2 N–H and O–H groups in total. The number of aromatic nitrogens is 4. The molecule has 3 amide bonds. The van der Waals surface area contributed by atoms with Crippen LogP contribution in [0.25, 0.3) is 22.3 Å². The first-order valence-corrected chi connectivity index (χ1v) is 21.6. The highest BCUT2D eigenvalue weighted by molar-refractivity contribution is 6.05. The van der Waals surface area contributed by atoms with Crippen LogP contribution in [0.15, 0.2) is 36.7 Å². The fourth-order valence-electron chi connectivity index (χ4n) is 9.80. The van der Waals surface area contributed by atoms with Gasteiger partial charge in [-0.2, -0.15) is 5.10 Å². The van der Waals surface area contributed by atoms with Crippen molar-refractivity contribution in [2.75, 3.05) is 55.6 Å². The maximum Gasteiger partial charge on any atom is 0.255 e. The number of imide groups is 1. The number of ether oxygens (including phenoxy) is 2. The van der Waals surface area contributed by atoms with Gasteiger partial charge in [0.2, 0.25) is 11.8 Å². The second-order valence-corrected chi connectivity index (χ2v) is 17.8. The number of amides is 3. The van der Waals surface area contributed by atoms with Gasteiger partial charge in [0.15, 0.2) is 17.4 Å². The molecular weight excluding hydrogens is 773 g/mol. The second-order valence-electron chi connectivity index (χ2n) is 17.8. The lowest BCUT2D eigenvalue weighted by molar-refractivity contribution is -0.136. The zero-order valence-electron chi connectivity index (χ0n) is 33.9. The van der Waals surface area contributed by atoms with E-state index in [9.17, 15) is 18.8 Å². The molecule has 5 fully saturated rings. The number of anilines is 2. The Bertz CT molecular complexity index is 2310. The number of carbonyl (C=O) groups excluding carboxylic acids is 3. The number of hydrogen-bond acceptors (Lipinski definition) is 11. The zero-order valence-corrected chi connectivity index (χ0v) is 33.9. The van der Waals surface area contributed by atoms with E-state index in [1.165, 1.54) is 11.0 Å². The Labute approximate surface area is 347 Å². The quantitative estimate of drug-likeness (QED) is 0.199. The van der Waals surface area contributed by atoms with Crippen molar-refractivity contribution in [1.29, 1.82) is 0 Å². The lowest BCUT2D eigenvalue weighted by Crippen LogP contribution is -2.52. The molecule has 60 heavy (non-hydrogen) atoms. The molecule has 0 radical (unpaired) electrons. The van der Waals surface area contributed by atoms with Crippen LogP contribution in [0.3, 0.4) is 0 Å². The molecule has 6 aliphatic rings. The van der Waals surface area contributed by atoms with Crippen molar-refractivity contribution in [2.45, 2.75) is 102 Å². The second kappa shape index (κ2) is 15.7. The van der Waals surface area contributed by atoms with Crippen LogP contribution in [0.5, 0.6) is 5.75 Å². The third kappa shape index (κ3) is 7.68. The number of halogens is 2. The molecular formula is C44H51F2N9O5. The third-order valence-electron chi connectivity index (χ3n) is 13.6. The van der Waals surface area contributed by atoms with Crippen LogP contribution in [0, 0.1) is 17.6 Å². The van der Waals surface area contributed by atoms with E-state index in [1.54, 1.807) is 24.5 Å². The van der Waals surface area contributed by atoms with Crippen molar-refractivity contribution < 1.29 is 32.6 Å². The maximum atomic E-state index is 15.9. The Morgan fingerprint density at radius 1 is 0.867 bits per heavy atom. The number of H-pyrrole nitrogens is 1. The Morgan fingerprint density at radius 2 is 1.63 bits per heavy atom. The maximum absolute atomic E-state index is 15.9. The lowest BCUT2D eigenvalue weighted by Gasteiger charge is -2.40. The van der Waals surface area contributed by atoms with Crippen molar-refractivity contribution in [2.24, 2.45) is 5.92 Å². The number of nitrogens with one attached hydrogen (secondary N) is 2. The zero-order chi connectivity index (χ0) is 41.1. The number of benzene rings is 2. The Hall–Kier alpha value is -5.22. The summed E-state index contributed by atoms with van der Waals surface area (Å²) < 4.78 is 43.4. The fraction of sp³-hybridized carbons (Fsp3) is 0.545. The average Bonchev–Trinajstić information content (AvgIpc) is 3.69. The predicted octanol–water partition coefficient (Wildman–Crippen LogP) is 5.36. The Kier molecular flexibility index (Phi) is 10.2. The number of fused-ring (bicyclic) bond motifs is 2. The number of carbonyl (C=O) groups is 3. The summed E-state index contributed by atoms with van der Waals surface area (Å²) in [7, 11) is 0. The highest BCUT2D eigenvalue weighted by Crippen LogP contribution is 2.42. The van der Waals surface area contributed by atoms with Crippen LogP contribution in [0.2, 0.25) is 0 Å². The van der Waals surface area contributed by atoms with Crippen LogP contribution >= 0.6 is 0 Å². The van der Waals surface area contributed by atoms with Crippen molar-refractivity contribution in [3.63, 3.8) is 0 Å². The molecule has 3 saturated heterocycles. The first kappa shape index (κ1) is 38.9. The molecule has 16 heteroatoms. The minimum absolute atomic E-state index is 0.0312. The van der Waals surface area contributed by atoms with Crippen molar-refractivity contribution in [3.8, 4) is 17.1 Å². The number of nitrogens with zero attached hydrogens (tertiary/aromatic N) is 7. The van der Waals surface area contributed by atoms with Crippen LogP contribution in [-0.4, -0.2) is 117 Å². The van der Waals surface area contributed by atoms with E-state index >= 15 is 4.39 Å². The van der Waals surface area contributed by atoms with Crippen LogP contribution < -0.4 is 19.9 Å². The van der Waals surface area contributed by atoms with E-state index in [-0.39, 0.29) is 54.8 Å². The molecule has 4 aliphatic heterocycles. The highest BCUT2D eigenvalue weighted by Gasteiger charge is 2.42. The first-order valence-electron chi connectivity index (χ1n) is 21.6. The van der Waals surface area contributed by atoms with Gasteiger partial charge >= 0.3 is 0 Å². The molecule has 0 spiro atoms. The monoisotopic (exact) mass is 823 g/mol. The highest BCUT2D eigenvalue weighted by atomic mass is 19.1. The number of piperidine rings is 2. The van der Waals surface area contributed by atoms with Crippen molar-refractivity contribution >= 4 is 40.1 Å². The van der Waals surface area contributed by atoms with Crippen molar-refractivity contribution in [3.05, 3.63) is 59.4 Å². The summed E-state index contributed by atoms with van der Waals surface area (Å²) in [5.74, 6) is -0.316. The normalized spacial score (nSPS) is 24.9. The molecule has 1 unspecified atom stereocenters. The smallest absolute Gasteiger partial charge is 0.255 e. The van der Waals surface area contributed by atoms with Gasteiger partial charge in [-0.15, -0.1) is 0 Å². The standard InChI is InChI=1S/C44H51F2N9O5/c1-44(12-13-44)60-37-20-30-33(21-32(37)45)50-51-41(30)34-22-38(48-25-47-34)54-14-10-28(11-15-54)59-27-4-2-26(3-5-27)23-52-16-18-53(19-17-52)35-7-6-29-31(40(35)46)24-55(43(29)58)36-8-9-39(56)49-42(36)57/h6-7,20-22,25-28,36H,2-5,8-19,23-24H2,1H3,(H,50,51)(H,49,56,57)/t26-,27-,36?. The fourth-order valence-corrected chi connectivity index (χ4v) is 9.80. The van der Waals surface area contributed by atoms with Gasteiger partial charge < -0.3 is 24.2 Å². The van der Waals surface area contributed by atoms with Gasteiger partial charge in [-0.05, 0) is 88.8 Å². The molecule has 2 saturated carbocycles. The van der Waals surface area contributed by atoms with Gasteiger partial charge in [-0.1, -0.05) is 0 Å². The van der Waals surface area contributed by atoms with Gasteiger partial charge in [-0.25, -0.2) is 18.7 Å². The lowest BCUT2D eigenvalue weighted by atomic mass is 9.86. The summed E-state index contributed by atoms with van der Waals surface area (Å²) in [6, 6.07) is 7.73.